The summed E-state index contributed by atoms with van der Waals surface area (Å²) in [5.41, 5.74) is 0.990. The fourth-order valence-electron chi connectivity index (χ4n) is 2.31. The number of carboxylic acids is 1. The molecule has 23 heavy (non-hydrogen) atoms. The van der Waals surface area contributed by atoms with E-state index < -0.39 is 5.97 Å². The quantitative estimate of drug-likeness (QED) is 0.727. The molecule has 0 radical (unpaired) electrons. The van der Waals surface area contributed by atoms with Gasteiger partial charge >= 0.3 is 5.97 Å². The van der Waals surface area contributed by atoms with Gasteiger partial charge in [0.1, 0.15) is 13.2 Å². The predicted molar refractivity (Wildman–Crippen MR) is 80.8 cm³/mol. The number of hydrogen-bond donors (Lipinski definition) is 2. The Morgan fingerprint density at radius 3 is 2.78 bits per heavy atom. The van der Waals surface area contributed by atoms with Crippen LogP contribution in [0, 0.1) is 0 Å². The fraction of sp³-hybridized carbons (Fsp3) is 0.500. The molecule has 1 aromatic carbocycles. The first-order chi connectivity index (χ1) is 11.1. The number of nitrogens with one attached hydrogen (secondary N) is 1. The highest BCUT2D eigenvalue weighted by Crippen LogP contribution is 2.12. The van der Waals surface area contributed by atoms with Crippen molar-refractivity contribution in [3.63, 3.8) is 0 Å². The zero-order valence-corrected chi connectivity index (χ0v) is 12.8. The van der Waals surface area contributed by atoms with Crippen molar-refractivity contribution >= 4 is 11.9 Å². The summed E-state index contributed by atoms with van der Waals surface area (Å²) in [6, 6.07) is 9.20. The number of carbonyl (C=O) groups excluding carboxylic acids is 1. The average molecular weight is 323 g/mol. The molecule has 1 amide bonds. The zero-order chi connectivity index (χ0) is 16.5. The molecule has 2 rings (SSSR count). The van der Waals surface area contributed by atoms with Crippen molar-refractivity contribution in [1.29, 1.82) is 0 Å². The number of hydrogen-bond acceptors (Lipinski definition) is 5. The molecule has 126 valence electrons. The van der Waals surface area contributed by atoms with Gasteiger partial charge in [0.15, 0.2) is 0 Å². The van der Waals surface area contributed by atoms with Crippen molar-refractivity contribution in [1.82, 2.24) is 5.32 Å². The Hall–Kier alpha value is -1.96. The molecule has 2 atom stereocenters. The monoisotopic (exact) mass is 323 g/mol. The van der Waals surface area contributed by atoms with Crippen molar-refractivity contribution in [2.24, 2.45) is 0 Å². The van der Waals surface area contributed by atoms with Crippen LogP contribution in [0.2, 0.25) is 0 Å². The molecule has 0 bridgehead atoms. The Bertz CT molecular complexity index is 507. The van der Waals surface area contributed by atoms with Crippen LogP contribution in [0.3, 0.4) is 0 Å². The maximum absolute atomic E-state index is 11.9. The summed E-state index contributed by atoms with van der Waals surface area (Å²) in [6.45, 7) is 0.683. The van der Waals surface area contributed by atoms with E-state index in [1.165, 1.54) is 0 Å². The van der Waals surface area contributed by atoms with E-state index in [0.717, 1.165) is 5.56 Å². The highest BCUT2D eigenvalue weighted by molar-refractivity contribution is 5.77. The average Bonchev–Trinajstić information content (AvgIpc) is 2.55. The maximum atomic E-state index is 11.9. The molecule has 0 spiro atoms. The number of ether oxygens (including phenoxy) is 3. The number of carbonyl (C=O) groups is 2. The lowest BCUT2D eigenvalue weighted by atomic mass is 10.1. The van der Waals surface area contributed by atoms with Crippen LogP contribution in [-0.2, 0) is 30.4 Å². The molecule has 1 aliphatic heterocycles. The molecule has 7 nitrogen and oxygen atoms in total. The van der Waals surface area contributed by atoms with Gasteiger partial charge in [0.05, 0.1) is 25.4 Å². The Morgan fingerprint density at radius 2 is 2.04 bits per heavy atom. The minimum Gasteiger partial charge on any atom is -0.480 e. The number of rotatable bonds is 8. The highest BCUT2D eigenvalue weighted by Gasteiger charge is 2.28. The Morgan fingerprint density at radius 1 is 1.26 bits per heavy atom. The molecule has 1 saturated heterocycles. The lowest BCUT2D eigenvalue weighted by molar-refractivity contribution is -0.148. The van der Waals surface area contributed by atoms with E-state index in [9.17, 15) is 9.59 Å². The lowest BCUT2D eigenvalue weighted by Crippen LogP contribution is -2.51. The third-order valence-electron chi connectivity index (χ3n) is 3.40. The molecule has 0 aliphatic carbocycles. The maximum Gasteiger partial charge on any atom is 0.329 e. The fourth-order valence-corrected chi connectivity index (χ4v) is 2.31. The van der Waals surface area contributed by atoms with E-state index in [-0.39, 0.29) is 31.3 Å². The Balaban J connectivity index is 1.72. The highest BCUT2D eigenvalue weighted by atomic mass is 16.5. The SMILES string of the molecule is O=C(O)COC1CCOCC1NC(=O)COCc1ccccc1. The van der Waals surface area contributed by atoms with Crippen LogP contribution < -0.4 is 5.32 Å². The van der Waals surface area contributed by atoms with E-state index >= 15 is 0 Å². The summed E-state index contributed by atoms with van der Waals surface area (Å²) < 4.78 is 16.0. The van der Waals surface area contributed by atoms with Gasteiger partial charge in [0, 0.05) is 6.61 Å². The van der Waals surface area contributed by atoms with E-state index in [1.54, 1.807) is 0 Å². The second-order valence-electron chi connectivity index (χ2n) is 5.26. The summed E-state index contributed by atoms with van der Waals surface area (Å²) in [6.07, 6.45) is 0.182. The number of amides is 1. The summed E-state index contributed by atoms with van der Waals surface area (Å²) in [5.74, 6) is -1.31. The number of carboxylic acid groups (broad SMARTS) is 1. The summed E-state index contributed by atoms with van der Waals surface area (Å²) >= 11 is 0. The molecule has 0 aromatic heterocycles. The van der Waals surface area contributed by atoms with E-state index in [2.05, 4.69) is 5.32 Å². The van der Waals surface area contributed by atoms with Crippen LogP contribution in [0.15, 0.2) is 30.3 Å². The van der Waals surface area contributed by atoms with Crippen molar-refractivity contribution in [3.8, 4) is 0 Å². The van der Waals surface area contributed by atoms with Gasteiger partial charge in [0.2, 0.25) is 5.91 Å². The van der Waals surface area contributed by atoms with Crippen LogP contribution in [0.5, 0.6) is 0 Å². The number of aliphatic carboxylic acids is 1. The molecular formula is C16H21NO6. The zero-order valence-electron chi connectivity index (χ0n) is 12.8. The van der Waals surface area contributed by atoms with Gasteiger partial charge in [-0.25, -0.2) is 4.79 Å². The number of benzene rings is 1. The molecule has 1 aromatic rings. The molecular weight excluding hydrogens is 302 g/mol. The van der Waals surface area contributed by atoms with Crippen LogP contribution in [-0.4, -0.2) is 55.6 Å². The molecule has 1 aliphatic rings. The largest absolute Gasteiger partial charge is 0.480 e. The van der Waals surface area contributed by atoms with Crippen molar-refractivity contribution < 1.29 is 28.9 Å². The molecule has 2 unspecified atom stereocenters. The first-order valence-electron chi connectivity index (χ1n) is 7.47. The predicted octanol–water partition coefficient (Wildman–Crippen LogP) is 0.578. The lowest BCUT2D eigenvalue weighted by Gasteiger charge is -2.31. The third kappa shape index (κ3) is 6.35. The van der Waals surface area contributed by atoms with Crippen molar-refractivity contribution in [2.75, 3.05) is 26.4 Å². The van der Waals surface area contributed by atoms with Crippen molar-refractivity contribution in [3.05, 3.63) is 35.9 Å². The van der Waals surface area contributed by atoms with Crippen LogP contribution in [0.25, 0.3) is 0 Å². The second-order valence-corrected chi connectivity index (χ2v) is 5.26. The minimum atomic E-state index is -1.03. The Labute approximate surface area is 134 Å². The van der Waals surface area contributed by atoms with Gasteiger partial charge in [-0.2, -0.15) is 0 Å². The molecule has 7 heteroatoms. The molecule has 2 N–H and O–H groups in total. The van der Waals surface area contributed by atoms with Gasteiger partial charge < -0.3 is 24.6 Å². The minimum absolute atomic E-state index is 0.0724. The van der Waals surface area contributed by atoms with Gasteiger partial charge in [0.25, 0.3) is 0 Å². The molecule has 0 saturated carbocycles. The van der Waals surface area contributed by atoms with E-state index in [0.29, 0.717) is 26.2 Å². The van der Waals surface area contributed by atoms with E-state index in [4.69, 9.17) is 19.3 Å². The van der Waals surface area contributed by atoms with Gasteiger partial charge in [-0.1, -0.05) is 30.3 Å². The first kappa shape index (κ1) is 17.4. The summed E-state index contributed by atoms with van der Waals surface area (Å²) in [7, 11) is 0. The normalized spacial score (nSPS) is 20.9. The van der Waals surface area contributed by atoms with Crippen LogP contribution in [0.1, 0.15) is 12.0 Å². The van der Waals surface area contributed by atoms with Gasteiger partial charge in [-0.15, -0.1) is 0 Å². The smallest absolute Gasteiger partial charge is 0.329 e. The first-order valence-corrected chi connectivity index (χ1v) is 7.47. The van der Waals surface area contributed by atoms with Crippen LogP contribution >= 0.6 is 0 Å². The second kappa shape index (κ2) is 9.24. The summed E-state index contributed by atoms with van der Waals surface area (Å²) in [5, 5.41) is 11.4. The van der Waals surface area contributed by atoms with Crippen molar-refractivity contribution in [2.45, 2.75) is 25.2 Å². The topological polar surface area (TPSA) is 94.1 Å². The Kier molecular flexibility index (Phi) is 6.99. The third-order valence-corrected chi connectivity index (χ3v) is 3.40. The molecule has 1 heterocycles. The van der Waals surface area contributed by atoms with Crippen LogP contribution in [0.4, 0.5) is 0 Å². The van der Waals surface area contributed by atoms with Gasteiger partial charge in [-0.05, 0) is 12.0 Å². The summed E-state index contributed by atoms with van der Waals surface area (Å²) in [4.78, 5) is 22.5. The van der Waals surface area contributed by atoms with Gasteiger partial charge in [-0.3, -0.25) is 4.79 Å². The molecule has 1 fully saturated rings. The van der Waals surface area contributed by atoms with E-state index in [1.807, 2.05) is 30.3 Å². The standard InChI is InChI=1S/C16H21NO6/c18-15(10-22-8-12-4-2-1-3-5-12)17-13-9-21-7-6-14(13)23-11-16(19)20/h1-5,13-14H,6-11H2,(H,17,18)(H,19,20).